The van der Waals surface area contributed by atoms with Crippen LogP contribution in [0, 0.1) is 0 Å². The summed E-state index contributed by atoms with van der Waals surface area (Å²) in [7, 11) is 1.96. The van der Waals surface area contributed by atoms with E-state index in [1.54, 1.807) is 0 Å². The van der Waals surface area contributed by atoms with Crippen molar-refractivity contribution >= 4 is 11.8 Å². The summed E-state index contributed by atoms with van der Waals surface area (Å²) in [6.07, 6.45) is 5.30. The normalized spacial score (nSPS) is 12.2. The molecule has 0 bridgehead atoms. The van der Waals surface area contributed by atoms with Crippen molar-refractivity contribution in [3.05, 3.63) is 35.4 Å². The summed E-state index contributed by atoms with van der Waals surface area (Å²) in [6, 6.07) is 6.30. The van der Waals surface area contributed by atoms with Crippen molar-refractivity contribution in [2.24, 2.45) is 0 Å². The Kier molecular flexibility index (Phi) is 4.76. The van der Waals surface area contributed by atoms with E-state index in [2.05, 4.69) is 50.4 Å². The fourth-order valence-corrected chi connectivity index (χ4v) is 1.62. The highest BCUT2D eigenvalue weighted by Gasteiger charge is 2.13. The maximum absolute atomic E-state index is 5.98. The van der Waals surface area contributed by atoms with Gasteiger partial charge >= 0.3 is 0 Å². The number of nitrogens with two attached hydrogens (primary N) is 1. The second kappa shape index (κ2) is 5.87. The minimum absolute atomic E-state index is 0.168. The summed E-state index contributed by atoms with van der Waals surface area (Å²) in [5.74, 6) is 0. The molecule has 0 amide bonds. The third kappa shape index (κ3) is 4.23. The molecule has 1 rings (SSSR count). The third-order valence-electron chi connectivity index (χ3n) is 2.81. The first-order valence-corrected chi connectivity index (χ1v) is 6.16. The van der Waals surface area contributed by atoms with Crippen LogP contribution in [0.15, 0.2) is 24.3 Å². The molecule has 1 aromatic carbocycles. The molecule has 0 atom stereocenters. The predicted molar refractivity (Wildman–Crippen MR) is 77.1 cm³/mol. The Morgan fingerprint density at radius 1 is 1.29 bits per heavy atom. The molecule has 2 nitrogen and oxygen atoms in total. The number of hydrogen-bond acceptors (Lipinski definition) is 2. The molecular weight excluding hydrogens is 208 g/mol. The summed E-state index contributed by atoms with van der Waals surface area (Å²) in [5, 5.41) is 3.12. The van der Waals surface area contributed by atoms with Crippen LogP contribution in [-0.2, 0) is 5.41 Å². The summed E-state index contributed by atoms with van der Waals surface area (Å²) >= 11 is 0. The Morgan fingerprint density at radius 3 is 2.59 bits per heavy atom. The molecule has 0 spiro atoms. The first-order chi connectivity index (χ1) is 7.95. The van der Waals surface area contributed by atoms with Crippen LogP contribution < -0.4 is 11.1 Å². The Morgan fingerprint density at radius 2 is 2.00 bits per heavy atom. The van der Waals surface area contributed by atoms with Gasteiger partial charge in [-0.3, -0.25) is 0 Å². The lowest BCUT2D eigenvalue weighted by atomic mass is 9.86. The first-order valence-electron chi connectivity index (χ1n) is 6.16. The number of nitrogen functional groups attached to an aromatic ring is 1. The lowest BCUT2D eigenvalue weighted by Gasteiger charge is -2.20. The van der Waals surface area contributed by atoms with Gasteiger partial charge in [0, 0.05) is 5.69 Å². The molecule has 0 fully saturated rings. The Hall–Kier alpha value is -1.28. The van der Waals surface area contributed by atoms with Crippen LogP contribution >= 0.6 is 0 Å². The summed E-state index contributed by atoms with van der Waals surface area (Å²) in [6.45, 7) is 7.64. The van der Waals surface area contributed by atoms with E-state index in [9.17, 15) is 0 Å². The Balaban J connectivity index is 2.87. The van der Waals surface area contributed by atoms with Crippen LogP contribution in [0.5, 0.6) is 0 Å². The average Bonchev–Trinajstić information content (AvgIpc) is 2.25. The number of rotatable bonds is 4. The highest BCUT2D eigenvalue weighted by molar-refractivity contribution is 5.65. The summed E-state index contributed by atoms with van der Waals surface area (Å²) in [5.41, 5.74) is 9.43. The topological polar surface area (TPSA) is 38.0 Å². The number of anilines is 1. The molecule has 0 radical (unpaired) electrons. The highest BCUT2D eigenvalue weighted by Crippen LogP contribution is 2.26. The lowest BCUT2D eigenvalue weighted by molar-refractivity contribution is 0.590. The molecule has 0 aliphatic rings. The first kappa shape index (κ1) is 13.8. The third-order valence-corrected chi connectivity index (χ3v) is 2.81. The number of hydrogen-bond donors (Lipinski definition) is 2. The molecule has 0 saturated carbocycles. The Labute approximate surface area is 105 Å². The van der Waals surface area contributed by atoms with Gasteiger partial charge in [-0.05, 0) is 48.7 Å². The van der Waals surface area contributed by atoms with E-state index in [0.717, 1.165) is 24.2 Å². The van der Waals surface area contributed by atoms with Gasteiger partial charge < -0.3 is 11.1 Å². The zero-order chi connectivity index (χ0) is 12.9. The van der Waals surface area contributed by atoms with Crippen LogP contribution in [-0.4, -0.2) is 13.6 Å². The van der Waals surface area contributed by atoms with E-state index in [4.69, 9.17) is 5.73 Å². The van der Waals surface area contributed by atoms with Gasteiger partial charge in [0.05, 0.1) is 0 Å². The van der Waals surface area contributed by atoms with Gasteiger partial charge in [0.15, 0.2) is 0 Å². The molecule has 1 aromatic rings. The molecule has 0 aliphatic heterocycles. The van der Waals surface area contributed by atoms with Gasteiger partial charge in [-0.25, -0.2) is 0 Å². The van der Waals surface area contributed by atoms with Crippen LogP contribution in [0.2, 0.25) is 0 Å². The minimum Gasteiger partial charge on any atom is -0.398 e. The summed E-state index contributed by atoms with van der Waals surface area (Å²) in [4.78, 5) is 0. The molecule has 17 heavy (non-hydrogen) atoms. The largest absolute Gasteiger partial charge is 0.398 e. The van der Waals surface area contributed by atoms with E-state index >= 15 is 0 Å². The SMILES string of the molecule is CNCCC=Cc1cc(C(C)(C)C)ccc1N. The van der Waals surface area contributed by atoms with Crippen LogP contribution in [0.25, 0.3) is 6.08 Å². The van der Waals surface area contributed by atoms with Gasteiger partial charge in [-0.15, -0.1) is 0 Å². The lowest BCUT2D eigenvalue weighted by Crippen LogP contribution is -2.11. The second-order valence-corrected chi connectivity index (χ2v) is 5.39. The van der Waals surface area contributed by atoms with Crippen molar-refractivity contribution in [3.63, 3.8) is 0 Å². The fourth-order valence-electron chi connectivity index (χ4n) is 1.62. The van der Waals surface area contributed by atoms with E-state index < -0.39 is 0 Å². The quantitative estimate of drug-likeness (QED) is 0.618. The van der Waals surface area contributed by atoms with E-state index in [0.29, 0.717) is 0 Å². The molecule has 94 valence electrons. The number of benzene rings is 1. The zero-order valence-corrected chi connectivity index (χ0v) is 11.4. The van der Waals surface area contributed by atoms with Crippen LogP contribution in [0.1, 0.15) is 38.3 Å². The van der Waals surface area contributed by atoms with Crippen molar-refractivity contribution in [2.45, 2.75) is 32.6 Å². The highest BCUT2D eigenvalue weighted by atomic mass is 14.8. The molecule has 0 heterocycles. The molecule has 2 heteroatoms. The monoisotopic (exact) mass is 232 g/mol. The van der Waals surface area contributed by atoms with E-state index in [-0.39, 0.29) is 5.41 Å². The van der Waals surface area contributed by atoms with Crippen LogP contribution in [0.3, 0.4) is 0 Å². The van der Waals surface area contributed by atoms with Gasteiger partial charge in [0.2, 0.25) is 0 Å². The zero-order valence-electron chi connectivity index (χ0n) is 11.4. The van der Waals surface area contributed by atoms with Gasteiger partial charge in [0.25, 0.3) is 0 Å². The van der Waals surface area contributed by atoms with Crippen molar-refractivity contribution in [2.75, 3.05) is 19.3 Å². The average molecular weight is 232 g/mol. The van der Waals surface area contributed by atoms with Crippen molar-refractivity contribution in [1.82, 2.24) is 5.32 Å². The van der Waals surface area contributed by atoms with Gasteiger partial charge in [-0.2, -0.15) is 0 Å². The van der Waals surface area contributed by atoms with Crippen molar-refractivity contribution in [1.29, 1.82) is 0 Å². The molecule has 0 saturated heterocycles. The maximum Gasteiger partial charge on any atom is 0.0387 e. The minimum atomic E-state index is 0.168. The maximum atomic E-state index is 5.98. The van der Waals surface area contributed by atoms with Gasteiger partial charge in [-0.1, -0.05) is 39.0 Å². The molecule has 3 N–H and O–H groups in total. The second-order valence-electron chi connectivity index (χ2n) is 5.39. The van der Waals surface area contributed by atoms with E-state index in [1.165, 1.54) is 5.56 Å². The van der Waals surface area contributed by atoms with Gasteiger partial charge in [0.1, 0.15) is 0 Å². The molecule has 0 aliphatic carbocycles. The summed E-state index contributed by atoms with van der Waals surface area (Å²) < 4.78 is 0. The smallest absolute Gasteiger partial charge is 0.0387 e. The predicted octanol–water partition coefficient (Wildman–Crippen LogP) is 3.19. The van der Waals surface area contributed by atoms with Crippen molar-refractivity contribution < 1.29 is 0 Å². The molecule has 0 unspecified atom stereocenters. The van der Waals surface area contributed by atoms with Crippen LogP contribution in [0.4, 0.5) is 5.69 Å². The molecular formula is C15H24N2. The Bertz CT molecular complexity index is 386. The fraction of sp³-hybridized carbons (Fsp3) is 0.467. The van der Waals surface area contributed by atoms with E-state index in [1.807, 2.05) is 13.1 Å². The standard InChI is InChI=1S/C15H24N2/c1-15(2,3)13-8-9-14(16)12(11-13)7-5-6-10-17-4/h5,7-9,11,17H,6,10,16H2,1-4H3. The molecule has 0 aromatic heterocycles. The van der Waals surface area contributed by atoms with Crippen molar-refractivity contribution in [3.8, 4) is 0 Å². The number of nitrogens with one attached hydrogen (secondary N) is 1.